The molecule has 0 aliphatic rings. The van der Waals surface area contributed by atoms with E-state index in [1.54, 1.807) is 13.2 Å². The van der Waals surface area contributed by atoms with Crippen LogP contribution in [0.2, 0.25) is 0 Å². The zero-order valence-electron chi connectivity index (χ0n) is 9.21. The maximum absolute atomic E-state index is 9.80. The van der Waals surface area contributed by atoms with Crippen molar-refractivity contribution in [2.75, 3.05) is 7.11 Å². The van der Waals surface area contributed by atoms with E-state index in [0.717, 1.165) is 23.1 Å². The smallest absolute Gasteiger partial charge is 0.161 e. The molecule has 0 saturated heterocycles. The molecule has 0 radical (unpaired) electrons. The fraction of sp³-hybridized carbons (Fsp3) is 0.231. The van der Waals surface area contributed by atoms with Crippen LogP contribution in [-0.2, 0) is 6.42 Å². The molecule has 15 heavy (non-hydrogen) atoms. The van der Waals surface area contributed by atoms with Gasteiger partial charge >= 0.3 is 0 Å². The lowest BCUT2D eigenvalue weighted by atomic mass is 9.98. The molecule has 0 amide bonds. The molecule has 0 bridgehead atoms. The van der Waals surface area contributed by atoms with Crippen LogP contribution in [0, 0.1) is 6.92 Å². The minimum atomic E-state index is 0.181. The number of rotatable bonds is 4. The van der Waals surface area contributed by atoms with Crippen LogP contribution in [0.4, 0.5) is 0 Å². The number of aromatic hydroxyl groups is 1. The highest BCUT2D eigenvalue weighted by molar-refractivity contribution is 5.64. The molecule has 0 saturated carbocycles. The van der Waals surface area contributed by atoms with Gasteiger partial charge in [0.1, 0.15) is 0 Å². The molecule has 0 aliphatic carbocycles. The topological polar surface area (TPSA) is 29.5 Å². The Bertz CT molecular complexity index is 392. The Balaban J connectivity index is 3.43. The summed E-state index contributed by atoms with van der Waals surface area (Å²) >= 11 is 0. The van der Waals surface area contributed by atoms with Crippen molar-refractivity contribution in [1.29, 1.82) is 0 Å². The van der Waals surface area contributed by atoms with Gasteiger partial charge in [-0.2, -0.15) is 0 Å². The van der Waals surface area contributed by atoms with Crippen LogP contribution >= 0.6 is 0 Å². The highest BCUT2D eigenvalue weighted by Crippen LogP contribution is 2.35. The van der Waals surface area contributed by atoms with E-state index in [0.29, 0.717) is 5.75 Å². The SMILES string of the molecule is C=CCc1cc(OC)c(O)c(C)c1C=C. The predicted octanol–water partition coefficient (Wildman–Crippen LogP) is 3.08. The van der Waals surface area contributed by atoms with Crippen LogP contribution in [0.1, 0.15) is 16.7 Å². The van der Waals surface area contributed by atoms with Crippen LogP contribution in [0.5, 0.6) is 11.5 Å². The first kappa shape index (κ1) is 11.4. The van der Waals surface area contributed by atoms with Crippen LogP contribution in [0.15, 0.2) is 25.3 Å². The second kappa shape index (κ2) is 4.69. The molecule has 0 unspecified atom stereocenters. The van der Waals surface area contributed by atoms with Crippen LogP contribution in [0.25, 0.3) is 6.08 Å². The molecule has 1 N–H and O–H groups in total. The lowest BCUT2D eigenvalue weighted by Gasteiger charge is -2.13. The summed E-state index contributed by atoms with van der Waals surface area (Å²) in [6, 6.07) is 1.82. The molecule has 0 spiro atoms. The van der Waals surface area contributed by atoms with Crippen molar-refractivity contribution in [3.05, 3.63) is 42.0 Å². The van der Waals surface area contributed by atoms with Crippen LogP contribution < -0.4 is 4.74 Å². The zero-order valence-corrected chi connectivity index (χ0v) is 9.21. The summed E-state index contributed by atoms with van der Waals surface area (Å²) in [5.74, 6) is 0.676. The second-order valence-electron chi connectivity index (χ2n) is 3.32. The first-order valence-electron chi connectivity index (χ1n) is 4.78. The van der Waals surface area contributed by atoms with Gasteiger partial charge in [-0.15, -0.1) is 6.58 Å². The molecule has 1 aromatic carbocycles. The quantitative estimate of drug-likeness (QED) is 0.764. The van der Waals surface area contributed by atoms with E-state index in [2.05, 4.69) is 13.2 Å². The highest BCUT2D eigenvalue weighted by atomic mass is 16.5. The van der Waals surface area contributed by atoms with Crippen molar-refractivity contribution < 1.29 is 9.84 Å². The van der Waals surface area contributed by atoms with Gasteiger partial charge in [0, 0.05) is 5.56 Å². The van der Waals surface area contributed by atoms with E-state index in [-0.39, 0.29) is 5.75 Å². The third-order valence-electron chi connectivity index (χ3n) is 2.43. The van der Waals surface area contributed by atoms with Crippen LogP contribution in [-0.4, -0.2) is 12.2 Å². The number of benzene rings is 1. The fourth-order valence-electron chi connectivity index (χ4n) is 1.62. The zero-order chi connectivity index (χ0) is 11.4. The van der Waals surface area contributed by atoms with Crippen molar-refractivity contribution in [2.24, 2.45) is 0 Å². The standard InChI is InChI=1S/C13H16O2/c1-5-7-10-8-12(15-4)13(14)9(3)11(10)6-2/h5-6,8,14H,1-2,7H2,3-4H3. The summed E-state index contributed by atoms with van der Waals surface area (Å²) in [6.45, 7) is 9.30. The Hall–Kier alpha value is -1.70. The summed E-state index contributed by atoms with van der Waals surface area (Å²) in [5.41, 5.74) is 2.81. The van der Waals surface area contributed by atoms with E-state index >= 15 is 0 Å². The molecule has 0 aliphatic heterocycles. The van der Waals surface area contributed by atoms with E-state index in [1.807, 2.05) is 19.1 Å². The monoisotopic (exact) mass is 204 g/mol. The number of hydrogen-bond acceptors (Lipinski definition) is 2. The summed E-state index contributed by atoms with van der Waals surface area (Å²) in [4.78, 5) is 0. The largest absolute Gasteiger partial charge is 0.504 e. The fourth-order valence-corrected chi connectivity index (χ4v) is 1.62. The first-order chi connectivity index (χ1) is 7.15. The Kier molecular flexibility index (Phi) is 3.56. The maximum atomic E-state index is 9.80. The lowest BCUT2D eigenvalue weighted by Crippen LogP contribution is -1.95. The van der Waals surface area contributed by atoms with Crippen molar-refractivity contribution in [3.63, 3.8) is 0 Å². The first-order valence-corrected chi connectivity index (χ1v) is 4.78. The number of phenolic OH excluding ortho intramolecular Hbond substituents is 1. The van der Waals surface area contributed by atoms with Gasteiger partial charge in [0.05, 0.1) is 7.11 Å². The minimum Gasteiger partial charge on any atom is -0.504 e. The normalized spacial score (nSPS) is 9.73. The Labute approximate surface area is 90.5 Å². The van der Waals surface area contributed by atoms with Crippen molar-refractivity contribution >= 4 is 6.08 Å². The molecular formula is C13H16O2. The lowest BCUT2D eigenvalue weighted by molar-refractivity contribution is 0.371. The number of allylic oxidation sites excluding steroid dienone is 1. The van der Waals surface area contributed by atoms with Crippen molar-refractivity contribution in [3.8, 4) is 11.5 Å². The highest BCUT2D eigenvalue weighted by Gasteiger charge is 2.12. The van der Waals surface area contributed by atoms with Gasteiger partial charge in [-0.25, -0.2) is 0 Å². The van der Waals surface area contributed by atoms with Gasteiger partial charge in [-0.05, 0) is 30.5 Å². The molecule has 2 heteroatoms. The van der Waals surface area contributed by atoms with Crippen LogP contribution in [0.3, 0.4) is 0 Å². The van der Waals surface area contributed by atoms with Gasteiger partial charge in [0.15, 0.2) is 11.5 Å². The van der Waals surface area contributed by atoms with E-state index < -0.39 is 0 Å². The summed E-state index contributed by atoms with van der Waals surface area (Å²) in [6.07, 6.45) is 4.30. The van der Waals surface area contributed by atoms with Gasteiger partial charge in [-0.1, -0.05) is 18.7 Å². The number of phenols is 1. The van der Waals surface area contributed by atoms with Gasteiger partial charge in [0.2, 0.25) is 0 Å². The molecule has 80 valence electrons. The Morgan fingerprint density at radius 2 is 2.13 bits per heavy atom. The average Bonchev–Trinajstić information content (AvgIpc) is 2.24. The Morgan fingerprint density at radius 1 is 1.47 bits per heavy atom. The Morgan fingerprint density at radius 3 is 2.60 bits per heavy atom. The third kappa shape index (κ3) is 2.04. The summed E-state index contributed by atoms with van der Waals surface area (Å²) in [7, 11) is 1.54. The van der Waals surface area contributed by atoms with E-state index in [1.165, 1.54) is 0 Å². The van der Waals surface area contributed by atoms with E-state index in [4.69, 9.17) is 4.74 Å². The third-order valence-corrected chi connectivity index (χ3v) is 2.43. The molecule has 0 heterocycles. The molecule has 0 aromatic heterocycles. The van der Waals surface area contributed by atoms with Gasteiger partial charge < -0.3 is 9.84 Å². The van der Waals surface area contributed by atoms with Crippen molar-refractivity contribution in [1.82, 2.24) is 0 Å². The molecule has 2 nitrogen and oxygen atoms in total. The second-order valence-corrected chi connectivity index (χ2v) is 3.32. The number of ether oxygens (including phenoxy) is 1. The molecule has 0 atom stereocenters. The molecular weight excluding hydrogens is 188 g/mol. The van der Waals surface area contributed by atoms with Gasteiger partial charge in [-0.3, -0.25) is 0 Å². The van der Waals surface area contributed by atoms with E-state index in [9.17, 15) is 5.11 Å². The predicted molar refractivity (Wildman–Crippen MR) is 63.4 cm³/mol. The maximum Gasteiger partial charge on any atom is 0.161 e. The van der Waals surface area contributed by atoms with Gasteiger partial charge in [0.25, 0.3) is 0 Å². The average molecular weight is 204 g/mol. The summed E-state index contributed by atoms with van der Waals surface area (Å²) < 4.78 is 5.09. The molecule has 1 aromatic rings. The molecule has 0 fully saturated rings. The van der Waals surface area contributed by atoms with Crippen molar-refractivity contribution in [2.45, 2.75) is 13.3 Å². The minimum absolute atomic E-state index is 0.181. The number of hydrogen-bond donors (Lipinski definition) is 1. The summed E-state index contributed by atoms with van der Waals surface area (Å²) in [5, 5.41) is 9.80. The molecule has 1 rings (SSSR count). The number of methoxy groups -OCH3 is 1.